The van der Waals surface area contributed by atoms with Crippen LogP contribution in [-0.2, 0) is 17.3 Å². The van der Waals surface area contributed by atoms with E-state index in [1.54, 1.807) is 20.9 Å². The molecule has 1 aromatic rings. The van der Waals surface area contributed by atoms with Gasteiger partial charge in [-0.3, -0.25) is 9.59 Å². The van der Waals surface area contributed by atoms with Crippen molar-refractivity contribution in [2.24, 2.45) is 7.05 Å². The molecule has 0 radical (unpaired) electrons. The van der Waals surface area contributed by atoms with Gasteiger partial charge in [0.25, 0.3) is 5.56 Å². The predicted molar refractivity (Wildman–Crippen MR) is 56.8 cm³/mol. The second-order valence-electron chi connectivity index (χ2n) is 4.03. The van der Waals surface area contributed by atoms with E-state index in [9.17, 15) is 9.59 Å². The second kappa shape index (κ2) is 3.42. The van der Waals surface area contributed by atoms with Crippen molar-refractivity contribution in [3.05, 3.63) is 28.2 Å². The van der Waals surface area contributed by atoms with Gasteiger partial charge in [0, 0.05) is 13.2 Å². The first-order valence-corrected chi connectivity index (χ1v) is 4.47. The molecule has 0 fully saturated rings. The van der Waals surface area contributed by atoms with E-state index in [0.717, 1.165) is 0 Å². The zero-order chi connectivity index (χ0) is 11.8. The van der Waals surface area contributed by atoms with E-state index in [2.05, 4.69) is 0 Å². The van der Waals surface area contributed by atoms with Crippen LogP contribution in [0.1, 0.15) is 19.4 Å². The average Bonchev–Trinajstić information content (AvgIpc) is 2.13. The lowest BCUT2D eigenvalue weighted by Crippen LogP contribution is -2.31. The first kappa shape index (κ1) is 11.3. The Morgan fingerprint density at radius 3 is 2.47 bits per heavy atom. The summed E-state index contributed by atoms with van der Waals surface area (Å²) in [5, 5.41) is 9.02. The number of aryl methyl sites for hydroxylation is 1. The molecule has 0 amide bonds. The molecule has 5 heteroatoms. The third-order valence-electron chi connectivity index (χ3n) is 2.47. The Bertz CT molecular complexity index is 434. The topological polar surface area (TPSA) is 85.3 Å². The van der Waals surface area contributed by atoms with Gasteiger partial charge in [-0.1, -0.05) is 0 Å². The number of hydrogen-bond acceptors (Lipinski definition) is 3. The van der Waals surface area contributed by atoms with E-state index in [1.807, 2.05) is 0 Å². The van der Waals surface area contributed by atoms with Crippen molar-refractivity contribution in [3.8, 4) is 0 Å². The van der Waals surface area contributed by atoms with Crippen LogP contribution in [-0.4, -0.2) is 15.6 Å². The maximum absolute atomic E-state index is 11.3. The average molecular weight is 210 g/mol. The zero-order valence-corrected chi connectivity index (χ0v) is 8.94. The third kappa shape index (κ3) is 1.86. The normalized spacial score (nSPS) is 11.4. The number of nitrogens with zero attached hydrogens (tertiary/aromatic N) is 1. The second-order valence-corrected chi connectivity index (χ2v) is 4.03. The van der Waals surface area contributed by atoms with E-state index in [-0.39, 0.29) is 11.2 Å². The van der Waals surface area contributed by atoms with Gasteiger partial charge >= 0.3 is 5.97 Å². The third-order valence-corrected chi connectivity index (χ3v) is 2.47. The number of hydrogen-bond donors (Lipinski definition) is 2. The van der Waals surface area contributed by atoms with Crippen molar-refractivity contribution >= 4 is 11.7 Å². The molecule has 0 bridgehead atoms. The summed E-state index contributed by atoms with van der Waals surface area (Å²) in [6.45, 7) is 3.13. The predicted octanol–water partition coefficient (Wildman–Crippen LogP) is 0.330. The molecule has 82 valence electrons. The first-order chi connectivity index (χ1) is 6.76. The van der Waals surface area contributed by atoms with Crippen LogP contribution in [0, 0.1) is 0 Å². The fraction of sp³-hybridized carbons (Fsp3) is 0.400. The van der Waals surface area contributed by atoms with Crippen LogP contribution in [0.5, 0.6) is 0 Å². The molecule has 5 nitrogen and oxygen atoms in total. The summed E-state index contributed by atoms with van der Waals surface area (Å²) < 4.78 is 1.29. The highest BCUT2D eigenvalue weighted by molar-refractivity contribution is 5.80. The number of nitrogens with two attached hydrogens (primary N) is 1. The van der Waals surface area contributed by atoms with Crippen molar-refractivity contribution in [2.75, 3.05) is 5.73 Å². The van der Waals surface area contributed by atoms with E-state index < -0.39 is 11.4 Å². The van der Waals surface area contributed by atoms with E-state index in [4.69, 9.17) is 10.8 Å². The summed E-state index contributed by atoms with van der Waals surface area (Å²) in [4.78, 5) is 22.3. The Morgan fingerprint density at radius 1 is 1.53 bits per heavy atom. The molecule has 1 aromatic heterocycles. The van der Waals surface area contributed by atoms with Crippen LogP contribution in [0.4, 0.5) is 5.69 Å². The fourth-order valence-corrected chi connectivity index (χ4v) is 1.20. The van der Waals surface area contributed by atoms with Gasteiger partial charge in [0.05, 0.1) is 11.1 Å². The number of aromatic nitrogens is 1. The van der Waals surface area contributed by atoms with Crippen molar-refractivity contribution < 1.29 is 9.90 Å². The zero-order valence-electron chi connectivity index (χ0n) is 8.94. The molecule has 0 saturated heterocycles. The highest BCUT2D eigenvalue weighted by Gasteiger charge is 2.30. The quantitative estimate of drug-likeness (QED) is 0.736. The number of carboxylic acid groups (broad SMARTS) is 1. The maximum Gasteiger partial charge on any atom is 0.313 e. The SMILES string of the molecule is Cn1cc(C(C)(C)C(=O)O)cc(N)c1=O. The Hall–Kier alpha value is -1.78. The molecule has 0 unspecified atom stereocenters. The molecule has 1 rings (SSSR count). The van der Waals surface area contributed by atoms with E-state index in [0.29, 0.717) is 5.56 Å². The molecule has 0 aliphatic rings. The number of carbonyl (C=O) groups is 1. The molecule has 0 spiro atoms. The molecule has 0 atom stereocenters. The molecule has 0 aliphatic carbocycles. The molecular weight excluding hydrogens is 196 g/mol. The summed E-state index contributed by atoms with van der Waals surface area (Å²) in [5.41, 5.74) is 4.69. The highest BCUT2D eigenvalue weighted by Crippen LogP contribution is 2.23. The summed E-state index contributed by atoms with van der Waals surface area (Å²) in [5.74, 6) is -0.958. The minimum absolute atomic E-state index is 0.0596. The molecule has 3 N–H and O–H groups in total. The standard InChI is InChI=1S/C10H14N2O3/c1-10(2,9(14)15)6-4-7(11)8(13)12(3)5-6/h4-5H,11H2,1-3H3,(H,14,15). The van der Waals surface area contributed by atoms with Gasteiger partial charge in [-0.05, 0) is 25.5 Å². The minimum atomic E-state index is -1.06. The van der Waals surface area contributed by atoms with Crippen molar-refractivity contribution in [1.29, 1.82) is 0 Å². The van der Waals surface area contributed by atoms with Crippen LogP contribution in [0.3, 0.4) is 0 Å². The van der Waals surface area contributed by atoms with E-state index in [1.165, 1.54) is 16.8 Å². The van der Waals surface area contributed by atoms with Crippen molar-refractivity contribution in [2.45, 2.75) is 19.3 Å². The molecule has 0 aromatic carbocycles. The number of nitrogen functional groups attached to an aromatic ring is 1. The molecule has 0 aliphatic heterocycles. The van der Waals surface area contributed by atoms with Gasteiger partial charge in [-0.2, -0.15) is 0 Å². The highest BCUT2D eigenvalue weighted by atomic mass is 16.4. The number of aliphatic carboxylic acids is 1. The van der Waals surface area contributed by atoms with Gasteiger partial charge in [-0.15, -0.1) is 0 Å². The number of anilines is 1. The van der Waals surface area contributed by atoms with Gasteiger partial charge < -0.3 is 15.4 Å². The molecular formula is C10H14N2O3. The van der Waals surface area contributed by atoms with Gasteiger partial charge in [0.1, 0.15) is 0 Å². The van der Waals surface area contributed by atoms with Crippen LogP contribution < -0.4 is 11.3 Å². The summed E-state index contributed by atoms with van der Waals surface area (Å²) in [6.07, 6.45) is 1.49. The van der Waals surface area contributed by atoms with Crippen LogP contribution in [0.25, 0.3) is 0 Å². The monoisotopic (exact) mass is 210 g/mol. The van der Waals surface area contributed by atoms with Crippen molar-refractivity contribution in [1.82, 2.24) is 4.57 Å². The van der Waals surface area contributed by atoms with Gasteiger partial charge in [0.2, 0.25) is 0 Å². The number of rotatable bonds is 2. The summed E-state index contributed by atoms with van der Waals surface area (Å²) >= 11 is 0. The Balaban J connectivity index is 3.41. The molecule has 0 saturated carbocycles. The largest absolute Gasteiger partial charge is 0.481 e. The lowest BCUT2D eigenvalue weighted by Gasteiger charge is -2.20. The number of pyridine rings is 1. The smallest absolute Gasteiger partial charge is 0.313 e. The summed E-state index contributed by atoms with van der Waals surface area (Å²) in [6, 6.07) is 1.41. The molecule has 15 heavy (non-hydrogen) atoms. The lowest BCUT2D eigenvalue weighted by atomic mass is 9.86. The summed E-state index contributed by atoms with van der Waals surface area (Å²) in [7, 11) is 1.54. The minimum Gasteiger partial charge on any atom is -0.481 e. The van der Waals surface area contributed by atoms with Crippen LogP contribution in [0.15, 0.2) is 17.1 Å². The lowest BCUT2D eigenvalue weighted by molar-refractivity contribution is -0.142. The maximum atomic E-state index is 11.3. The Kier molecular flexibility index (Phi) is 2.57. The first-order valence-electron chi connectivity index (χ1n) is 4.47. The fourth-order valence-electron chi connectivity index (χ4n) is 1.20. The van der Waals surface area contributed by atoms with E-state index >= 15 is 0 Å². The Morgan fingerprint density at radius 2 is 2.07 bits per heavy atom. The number of carboxylic acids is 1. The van der Waals surface area contributed by atoms with Crippen LogP contribution in [0.2, 0.25) is 0 Å². The molecule has 1 heterocycles. The van der Waals surface area contributed by atoms with Crippen LogP contribution >= 0.6 is 0 Å². The Labute approximate surface area is 87.1 Å². The van der Waals surface area contributed by atoms with Gasteiger partial charge in [0.15, 0.2) is 0 Å². The van der Waals surface area contributed by atoms with Crippen molar-refractivity contribution in [3.63, 3.8) is 0 Å². The van der Waals surface area contributed by atoms with Gasteiger partial charge in [-0.25, -0.2) is 0 Å².